The molecular weight excluding hydrogens is 398 g/mol. The van der Waals surface area contributed by atoms with Crippen molar-refractivity contribution in [3.05, 3.63) is 60.3 Å². The van der Waals surface area contributed by atoms with Crippen LogP contribution in [-0.4, -0.2) is 20.8 Å². The average molecular weight is 422 g/mol. The molecule has 0 atom stereocenters. The van der Waals surface area contributed by atoms with E-state index in [1.165, 1.54) is 16.2 Å². The lowest BCUT2D eigenvalue weighted by molar-refractivity contribution is 0.255. The molecule has 7 nitrogen and oxygen atoms in total. The topological polar surface area (TPSA) is 86.3 Å². The van der Waals surface area contributed by atoms with Gasteiger partial charge in [0.05, 0.1) is 21.6 Å². The summed E-state index contributed by atoms with van der Waals surface area (Å²) in [4.78, 5) is 18.3. The highest BCUT2D eigenvalue weighted by atomic mass is 32.1. The minimum absolute atomic E-state index is 0.156. The minimum atomic E-state index is -0.601. The van der Waals surface area contributed by atoms with Crippen LogP contribution in [0.4, 0.5) is 16.3 Å². The van der Waals surface area contributed by atoms with Crippen molar-refractivity contribution in [2.24, 2.45) is 12.8 Å². The van der Waals surface area contributed by atoms with Gasteiger partial charge in [0.25, 0.3) is 5.19 Å². The summed E-state index contributed by atoms with van der Waals surface area (Å²) in [7, 11) is 1.79. The summed E-state index contributed by atoms with van der Waals surface area (Å²) >= 11 is 1.46. The molecule has 2 N–H and O–H groups in total. The molecule has 0 spiro atoms. The van der Waals surface area contributed by atoms with Gasteiger partial charge in [0.15, 0.2) is 0 Å². The fourth-order valence-corrected chi connectivity index (χ4v) is 3.92. The largest absolute Gasteiger partial charge is 0.431 e. The van der Waals surface area contributed by atoms with Crippen molar-refractivity contribution in [3.8, 4) is 10.9 Å². The number of hydrogen-bond donors (Lipinski definition) is 1. The van der Waals surface area contributed by atoms with Gasteiger partial charge in [-0.05, 0) is 24.3 Å². The quantitative estimate of drug-likeness (QED) is 0.482. The number of aromatic nitrogens is 3. The molecule has 0 unspecified atom stereocenters. The standard InChI is InChI=1S/C22H23N5O2S/c1-22(2,3)18-13-19(26(4)25-18)27(20(23)28)14-8-7-9-15(12-14)29-21-24-16-10-5-6-11-17(16)30-21/h5-13H,1-4H3,(H2,23,28). The van der Waals surface area contributed by atoms with Gasteiger partial charge in [0, 0.05) is 24.6 Å². The van der Waals surface area contributed by atoms with Crippen LogP contribution in [0.1, 0.15) is 26.5 Å². The van der Waals surface area contributed by atoms with E-state index >= 15 is 0 Å². The maximum absolute atomic E-state index is 12.4. The third-order valence-electron chi connectivity index (χ3n) is 4.63. The molecule has 2 amide bonds. The lowest BCUT2D eigenvalue weighted by Gasteiger charge is -2.20. The number of fused-ring (bicyclic) bond motifs is 1. The fraction of sp³-hybridized carbons (Fsp3) is 0.227. The van der Waals surface area contributed by atoms with E-state index in [0.29, 0.717) is 22.4 Å². The van der Waals surface area contributed by atoms with Crippen molar-refractivity contribution in [2.75, 3.05) is 4.90 Å². The number of nitrogens with zero attached hydrogens (tertiary/aromatic N) is 4. The predicted octanol–water partition coefficient (Wildman–Crippen LogP) is 5.34. The van der Waals surface area contributed by atoms with Crippen molar-refractivity contribution in [1.29, 1.82) is 0 Å². The monoisotopic (exact) mass is 421 g/mol. The number of nitrogens with two attached hydrogens (primary N) is 1. The normalized spacial score (nSPS) is 11.6. The summed E-state index contributed by atoms with van der Waals surface area (Å²) in [6.07, 6.45) is 0. The third kappa shape index (κ3) is 3.86. The first kappa shape index (κ1) is 19.9. The Hall–Kier alpha value is -3.39. The molecule has 0 aliphatic heterocycles. The van der Waals surface area contributed by atoms with Crippen LogP contribution < -0.4 is 15.4 Å². The van der Waals surface area contributed by atoms with E-state index in [-0.39, 0.29) is 5.41 Å². The maximum atomic E-state index is 12.4. The van der Waals surface area contributed by atoms with Gasteiger partial charge < -0.3 is 10.5 Å². The van der Waals surface area contributed by atoms with Gasteiger partial charge in [-0.15, -0.1) is 0 Å². The highest BCUT2D eigenvalue weighted by Crippen LogP contribution is 2.35. The zero-order valence-electron chi connectivity index (χ0n) is 17.3. The van der Waals surface area contributed by atoms with Crippen molar-refractivity contribution >= 4 is 39.1 Å². The molecule has 154 valence electrons. The number of rotatable bonds is 4. The molecule has 2 aromatic heterocycles. The first-order chi connectivity index (χ1) is 14.2. The molecule has 2 aromatic carbocycles. The summed E-state index contributed by atoms with van der Waals surface area (Å²) in [6.45, 7) is 6.21. The molecule has 4 aromatic rings. The van der Waals surface area contributed by atoms with Gasteiger partial charge >= 0.3 is 6.03 Å². The number of thiazole rings is 1. The zero-order chi connectivity index (χ0) is 21.5. The number of urea groups is 1. The van der Waals surface area contributed by atoms with E-state index in [0.717, 1.165) is 15.9 Å². The Labute approximate surface area is 178 Å². The third-order valence-corrected chi connectivity index (χ3v) is 5.54. The smallest absolute Gasteiger partial charge is 0.325 e. The van der Waals surface area contributed by atoms with Crippen LogP contribution >= 0.6 is 11.3 Å². The number of para-hydroxylation sites is 1. The molecule has 30 heavy (non-hydrogen) atoms. The van der Waals surface area contributed by atoms with E-state index in [1.54, 1.807) is 23.9 Å². The molecule has 2 heterocycles. The van der Waals surface area contributed by atoms with Crippen molar-refractivity contribution in [1.82, 2.24) is 14.8 Å². The van der Waals surface area contributed by atoms with Crippen LogP contribution in [0.5, 0.6) is 10.9 Å². The van der Waals surface area contributed by atoms with E-state index in [9.17, 15) is 4.79 Å². The van der Waals surface area contributed by atoms with Gasteiger partial charge in [0.2, 0.25) is 0 Å². The van der Waals surface area contributed by atoms with E-state index < -0.39 is 6.03 Å². The molecule has 0 fully saturated rings. The fourth-order valence-electron chi connectivity index (χ4n) is 3.09. The summed E-state index contributed by atoms with van der Waals surface area (Å²) in [5.74, 6) is 1.15. The number of carbonyl (C=O) groups excluding carboxylic acids is 1. The number of benzene rings is 2. The van der Waals surface area contributed by atoms with Crippen molar-refractivity contribution < 1.29 is 9.53 Å². The minimum Gasteiger partial charge on any atom is -0.431 e. The highest BCUT2D eigenvalue weighted by molar-refractivity contribution is 7.20. The summed E-state index contributed by atoms with van der Waals surface area (Å²) in [5, 5.41) is 5.09. The molecule has 0 aliphatic rings. The number of ether oxygens (including phenoxy) is 1. The second kappa shape index (κ2) is 7.46. The lowest BCUT2D eigenvalue weighted by atomic mass is 9.92. The number of primary amides is 1. The Bertz CT molecular complexity index is 1190. The summed E-state index contributed by atoms with van der Waals surface area (Å²) in [6, 6.07) is 16.3. The summed E-state index contributed by atoms with van der Waals surface area (Å²) in [5.41, 5.74) is 7.92. The first-order valence-electron chi connectivity index (χ1n) is 9.50. The van der Waals surface area contributed by atoms with E-state index in [4.69, 9.17) is 10.5 Å². The lowest BCUT2D eigenvalue weighted by Crippen LogP contribution is -2.32. The van der Waals surface area contributed by atoms with Crippen LogP contribution in [0.2, 0.25) is 0 Å². The summed E-state index contributed by atoms with van der Waals surface area (Å²) < 4.78 is 8.67. The van der Waals surface area contributed by atoms with Crippen LogP contribution in [0.15, 0.2) is 54.6 Å². The van der Waals surface area contributed by atoms with Gasteiger partial charge in [-0.3, -0.25) is 4.68 Å². The molecule has 0 saturated carbocycles. The predicted molar refractivity (Wildman–Crippen MR) is 120 cm³/mol. The van der Waals surface area contributed by atoms with Gasteiger partial charge in [-0.1, -0.05) is 50.3 Å². The van der Waals surface area contributed by atoms with Crippen LogP contribution in [0, 0.1) is 0 Å². The number of anilines is 2. The van der Waals surface area contributed by atoms with Crippen LogP contribution in [-0.2, 0) is 12.5 Å². The SMILES string of the molecule is Cn1nc(C(C)(C)C)cc1N(C(N)=O)c1cccc(Oc2nc3ccccc3s2)c1. The maximum Gasteiger partial charge on any atom is 0.325 e. The second-order valence-corrected chi connectivity index (χ2v) is 8.98. The van der Waals surface area contributed by atoms with Gasteiger partial charge in [0.1, 0.15) is 11.6 Å². The second-order valence-electron chi connectivity index (χ2n) is 7.98. The Kier molecular flexibility index (Phi) is 4.95. The molecule has 0 saturated heterocycles. The molecule has 0 bridgehead atoms. The Morgan fingerprint density at radius 3 is 2.57 bits per heavy atom. The van der Waals surface area contributed by atoms with Gasteiger partial charge in [-0.25, -0.2) is 14.7 Å². The van der Waals surface area contributed by atoms with E-state index in [1.807, 2.05) is 42.5 Å². The average Bonchev–Trinajstić information content (AvgIpc) is 3.25. The molecule has 0 aliphatic carbocycles. The van der Waals surface area contributed by atoms with Crippen LogP contribution in [0.25, 0.3) is 10.2 Å². The molecular formula is C22H23N5O2S. The number of aryl methyl sites for hydroxylation is 1. The number of carbonyl (C=O) groups is 1. The zero-order valence-corrected chi connectivity index (χ0v) is 18.1. The van der Waals surface area contributed by atoms with E-state index in [2.05, 4.69) is 30.9 Å². The van der Waals surface area contributed by atoms with Gasteiger partial charge in [-0.2, -0.15) is 5.10 Å². The van der Waals surface area contributed by atoms with Crippen molar-refractivity contribution in [3.63, 3.8) is 0 Å². The highest BCUT2D eigenvalue weighted by Gasteiger charge is 2.25. The molecule has 8 heteroatoms. The number of amides is 2. The van der Waals surface area contributed by atoms with Crippen molar-refractivity contribution in [2.45, 2.75) is 26.2 Å². The Balaban J connectivity index is 1.68. The Morgan fingerprint density at radius 1 is 1.13 bits per heavy atom. The molecule has 0 radical (unpaired) electrons. The Morgan fingerprint density at radius 2 is 1.90 bits per heavy atom. The number of hydrogen-bond acceptors (Lipinski definition) is 5. The van der Waals surface area contributed by atoms with Crippen LogP contribution in [0.3, 0.4) is 0 Å². The molecule has 4 rings (SSSR count). The first-order valence-corrected chi connectivity index (χ1v) is 10.3.